The van der Waals surface area contributed by atoms with Gasteiger partial charge in [0.25, 0.3) is 0 Å². The average Bonchev–Trinajstić information content (AvgIpc) is 2.83. The zero-order chi connectivity index (χ0) is 23.0. The Kier molecular flexibility index (Phi) is 7.63. The lowest BCUT2D eigenvalue weighted by molar-refractivity contribution is -0.151. The zero-order valence-electron chi connectivity index (χ0n) is 18.2. The molecule has 32 heavy (non-hydrogen) atoms. The lowest BCUT2D eigenvalue weighted by Crippen LogP contribution is -2.39. The second kappa shape index (κ2) is 10.6. The van der Waals surface area contributed by atoms with E-state index in [1.54, 1.807) is 19.1 Å². The summed E-state index contributed by atoms with van der Waals surface area (Å²) in [7, 11) is 3.30. The maximum absolute atomic E-state index is 12.9. The third kappa shape index (κ3) is 5.53. The van der Waals surface area contributed by atoms with Crippen LogP contribution in [0.3, 0.4) is 0 Å². The molecule has 0 bridgehead atoms. The number of likely N-dealkylation sites (N-methyl/N-ethyl adjacent to an activating group) is 1. The Hall–Kier alpha value is -3.64. The highest BCUT2D eigenvalue weighted by Gasteiger charge is 2.38. The summed E-state index contributed by atoms with van der Waals surface area (Å²) < 4.78 is 11.3. The molecule has 6 nitrogen and oxygen atoms in total. The molecule has 0 aliphatic heterocycles. The predicted molar refractivity (Wildman–Crippen MR) is 121 cm³/mol. The standard InChI is InChI=1S/C26H27NO5/c1-27(18-20-13-15-23(31-2)16-14-20)24(28)19-32-26(17-25(29)30,21-9-5-3-6-10-21)22-11-7-4-8-12-22/h3-16H,17-19H2,1-2H3,(H,29,30). The topological polar surface area (TPSA) is 76.1 Å². The van der Waals surface area contributed by atoms with E-state index < -0.39 is 11.6 Å². The van der Waals surface area contributed by atoms with Crippen LogP contribution in [0.2, 0.25) is 0 Å². The Labute approximate surface area is 188 Å². The minimum atomic E-state index is -1.29. The fourth-order valence-corrected chi connectivity index (χ4v) is 3.60. The normalized spacial score (nSPS) is 11.1. The number of ether oxygens (including phenoxy) is 2. The van der Waals surface area contributed by atoms with Crippen LogP contribution in [0.1, 0.15) is 23.1 Å². The molecule has 0 aliphatic rings. The van der Waals surface area contributed by atoms with Crippen molar-refractivity contribution in [2.24, 2.45) is 0 Å². The first-order valence-corrected chi connectivity index (χ1v) is 10.3. The fraction of sp³-hybridized carbons (Fsp3) is 0.231. The fourth-order valence-electron chi connectivity index (χ4n) is 3.60. The van der Waals surface area contributed by atoms with E-state index in [2.05, 4.69) is 0 Å². The van der Waals surface area contributed by atoms with Crippen molar-refractivity contribution < 1.29 is 24.2 Å². The number of carboxylic acids is 1. The number of benzene rings is 3. The lowest BCUT2D eigenvalue weighted by Gasteiger charge is -2.34. The van der Waals surface area contributed by atoms with Gasteiger partial charge >= 0.3 is 5.97 Å². The van der Waals surface area contributed by atoms with E-state index in [-0.39, 0.29) is 18.9 Å². The van der Waals surface area contributed by atoms with Gasteiger partial charge in [0.1, 0.15) is 18.0 Å². The highest BCUT2D eigenvalue weighted by Crippen LogP contribution is 2.37. The van der Waals surface area contributed by atoms with Gasteiger partial charge in [0.15, 0.2) is 0 Å². The molecule has 3 aromatic carbocycles. The maximum Gasteiger partial charge on any atom is 0.307 e. The minimum Gasteiger partial charge on any atom is -0.497 e. The SMILES string of the molecule is COc1ccc(CN(C)C(=O)COC(CC(=O)O)(c2ccccc2)c2ccccc2)cc1. The van der Waals surface area contributed by atoms with E-state index in [9.17, 15) is 14.7 Å². The van der Waals surface area contributed by atoms with Gasteiger partial charge in [-0.2, -0.15) is 0 Å². The summed E-state index contributed by atoms with van der Waals surface area (Å²) in [4.78, 5) is 26.3. The summed E-state index contributed by atoms with van der Waals surface area (Å²) in [5, 5.41) is 9.70. The molecule has 0 spiro atoms. The molecular formula is C26H27NO5. The molecule has 0 atom stereocenters. The molecule has 3 aromatic rings. The zero-order valence-corrected chi connectivity index (χ0v) is 18.2. The van der Waals surface area contributed by atoms with Crippen LogP contribution in [-0.4, -0.2) is 42.6 Å². The Morgan fingerprint density at radius 3 is 1.88 bits per heavy atom. The number of methoxy groups -OCH3 is 1. The molecule has 0 aliphatic carbocycles. The lowest BCUT2D eigenvalue weighted by atomic mass is 9.83. The number of nitrogens with zero attached hydrogens (tertiary/aromatic N) is 1. The molecule has 1 amide bonds. The molecule has 0 radical (unpaired) electrons. The van der Waals surface area contributed by atoms with Gasteiger partial charge in [-0.25, -0.2) is 0 Å². The van der Waals surface area contributed by atoms with Crippen LogP contribution in [0.25, 0.3) is 0 Å². The number of carbonyl (C=O) groups is 2. The molecule has 0 unspecified atom stereocenters. The van der Waals surface area contributed by atoms with E-state index in [1.807, 2.05) is 84.9 Å². The second-order valence-electron chi connectivity index (χ2n) is 7.52. The van der Waals surface area contributed by atoms with Crippen LogP contribution in [0.4, 0.5) is 0 Å². The Morgan fingerprint density at radius 2 is 1.41 bits per heavy atom. The number of amides is 1. The number of aliphatic carboxylic acids is 1. The maximum atomic E-state index is 12.9. The first kappa shape index (κ1) is 23.0. The van der Waals surface area contributed by atoms with Crippen LogP contribution in [-0.2, 0) is 26.5 Å². The number of hydrogen-bond acceptors (Lipinski definition) is 4. The Morgan fingerprint density at radius 1 is 0.875 bits per heavy atom. The third-order valence-electron chi connectivity index (χ3n) is 5.33. The van der Waals surface area contributed by atoms with E-state index in [1.165, 1.54) is 0 Å². The molecule has 0 saturated carbocycles. The van der Waals surface area contributed by atoms with E-state index in [4.69, 9.17) is 9.47 Å². The largest absolute Gasteiger partial charge is 0.497 e. The van der Waals surface area contributed by atoms with Crippen molar-refractivity contribution in [3.8, 4) is 5.75 Å². The number of hydrogen-bond donors (Lipinski definition) is 1. The molecule has 1 N–H and O–H groups in total. The first-order valence-electron chi connectivity index (χ1n) is 10.3. The summed E-state index contributed by atoms with van der Waals surface area (Å²) in [6.45, 7) is 0.137. The van der Waals surface area contributed by atoms with Crippen LogP contribution in [0.15, 0.2) is 84.9 Å². The second-order valence-corrected chi connectivity index (χ2v) is 7.52. The van der Waals surface area contributed by atoms with Crippen LogP contribution < -0.4 is 4.74 Å². The summed E-state index contributed by atoms with van der Waals surface area (Å²) >= 11 is 0. The number of rotatable bonds is 10. The molecule has 0 aromatic heterocycles. The van der Waals surface area contributed by atoms with Crippen molar-refractivity contribution in [3.05, 3.63) is 102 Å². The molecule has 0 fully saturated rings. The van der Waals surface area contributed by atoms with Crippen molar-refractivity contribution in [1.29, 1.82) is 0 Å². The Bertz CT molecular complexity index is 980. The van der Waals surface area contributed by atoms with Crippen LogP contribution in [0.5, 0.6) is 5.75 Å². The van der Waals surface area contributed by atoms with Gasteiger partial charge in [-0.3, -0.25) is 9.59 Å². The Balaban J connectivity index is 1.82. The number of carbonyl (C=O) groups excluding carboxylic acids is 1. The van der Waals surface area contributed by atoms with Crippen molar-refractivity contribution in [1.82, 2.24) is 4.90 Å². The van der Waals surface area contributed by atoms with Gasteiger partial charge in [0.05, 0.1) is 13.5 Å². The smallest absolute Gasteiger partial charge is 0.307 e. The van der Waals surface area contributed by atoms with E-state index in [0.29, 0.717) is 17.7 Å². The summed E-state index contributed by atoms with van der Waals surface area (Å²) in [6.07, 6.45) is -0.309. The van der Waals surface area contributed by atoms with Crippen molar-refractivity contribution in [2.45, 2.75) is 18.6 Å². The van der Waals surface area contributed by atoms with E-state index >= 15 is 0 Å². The summed E-state index contributed by atoms with van der Waals surface area (Å²) in [5.74, 6) is -0.519. The number of carboxylic acid groups (broad SMARTS) is 1. The molecule has 0 heterocycles. The highest BCUT2D eigenvalue weighted by atomic mass is 16.5. The van der Waals surface area contributed by atoms with Crippen molar-refractivity contribution in [3.63, 3.8) is 0 Å². The van der Waals surface area contributed by atoms with Gasteiger partial charge in [-0.1, -0.05) is 72.8 Å². The van der Waals surface area contributed by atoms with Gasteiger partial charge in [-0.05, 0) is 28.8 Å². The first-order chi connectivity index (χ1) is 15.4. The van der Waals surface area contributed by atoms with Crippen LogP contribution >= 0.6 is 0 Å². The predicted octanol–water partition coefficient (Wildman–Crippen LogP) is 4.09. The van der Waals surface area contributed by atoms with Crippen molar-refractivity contribution in [2.75, 3.05) is 20.8 Å². The molecule has 3 rings (SSSR count). The molecule has 0 saturated heterocycles. The van der Waals surface area contributed by atoms with Gasteiger partial charge in [-0.15, -0.1) is 0 Å². The van der Waals surface area contributed by atoms with Crippen molar-refractivity contribution >= 4 is 11.9 Å². The van der Waals surface area contributed by atoms with Crippen LogP contribution in [0, 0.1) is 0 Å². The average molecular weight is 434 g/mol. The van der Waals surface area contributed by atoms with Gasteiger partial charge in [0.2, 0.25) is 5.91 Å². The van der Waals surface area contributed by atoms with E-state index in [0.717, 1.165) is 11.3 Å². The van der Waals surface area contributed by atoms with Gasteiger partial charge < -0.3 is 19.5 Å². The molecule has 6 heteroatoms. The summed E-state index contributed by atoms with van der Waals surface area (Å²) in [5.41, 5.74) is 1.02. The third-order valence-corrected chi connectivity index (χ3v) is 5.33. The molecule has 166 valence electrons. The summed E-state index contributed by atoms with van der Waals surface area (Å²) in [6, 6.07) is 25.8. The minimum absolute atomic E-state index is 0.248. The van der Waals surface area contributed by atoms with Gasteiger partial charge in [0, 0.05) is 13.6 Å². The highest BCUT2D eigenvalue weighted by molar-refractivity contribution is 5.77. The molecular weight excluding hydrogens is 406 g/mol. The quantitative estimate of drug-likeness (QED) is 0.521. The monoisotopic (exact) mass is 433 g/mol.